The largest absolute Gasteiger partial charge is 0.427 e. The third-order valence-corrected chi connectivity index (χ3v) is 4.82. The Bertz CT molecular complexity index is 725. The number of carbonyl (C=O) groups is 1. The minimum atomic E-state index is -3.24. The van der Waals surface area contributed by atoms with Crippen molar-refractivity contribution in [1.82, 2.24) is 4.98 Å². The van der Waals surface area contributed by atoms with Crippen molar-refractivity contribution in [1.29, 1.82) is 0 Å². The first-order valence-corrected chi connectivity index (χ1v) is 8.60. The van der Waals surface area contributed by atoms with E-state index in [0.29, 0.717) is 17.9 Å². The number of ether oxygens (including phenoxy) is 1. The van der Waals surface area contributed by atoms with E-state index in [-0.39, 0.29) is 23.0 Å². The Kier molecular flexibility index (Phi) is 5.27. The zero-order valence-corrected chi connectivity index (χ0v) is 13.0. The molecule has 1 aromatic carbocycles. The standard InChI is InChI=1S/C16H17NO4S/c1-2-22(19,20)15-10-8-13(17-12-15)9-11-16(18)21-14-6-4-3-5-7-14/h3-8,10,12H,2,9,11H2,1H3. The van der Waals surface area contributed by atoms with Crippen molar-refractivity contribution in [2.45, 2.75) is 24.7 Å². The number of carbonyl (C=O) groups excluding carboxylic acids is 1. The number of hydrogen-bond donors (Lipinski definition) is 0. The van der Waals surface area contributed by atoms with Crippen LogP contribution >= 0.6 is 0 Å². The molecule has 0 amide bonds. The third-order valence-electron chi connectivity index (χ3n) is 3.10. The summed E-state index contributed by atoms with van der Waals surface area (Å²) in [4.78, 5) is 16.0. The highest BCUT2D eigenvalue weighted by Gasteiger charge is 2.12. The fourth-order valence-electron chi connectivity index (χ4n) is 1.81. The van der Waals surface area contributed by atoms with Crippen LogP contribution in [0.2, 0.25) is 0 Å². The van der Waals surface area contributed by atoms with Crippen molar-refractivity contribution in [2.75, 3.05) is 5.75 Å². The normalized spacial score (nSPS) is 11.1. The van der Waals surface area contributed by atoms with Gasteiger partial charge in [-0.3, -0.25) is 9.78 Å². The van der Waals surface area contributed by atoms with Crippen LogP contribution in [0.1, 0.15) is 19.0 Å². The summed E-state index contributed by atoms with van der Waals surface area (Å²) >= 11 is 0. The van der Waals surface area contributed by atoms with Crippen LogP contribution in [0.25, 0.3) is 0 Å². The Hall–Kier alpha value is -2.21. The average Bonchev–Trinajstić information content (AvgIpc) is 2.54. The lowest BCUT2D eigenvalue weighted by Crippen LogP contribution is -2.10. The van der Waals surface area contributed by atoms with E-state index in [0.717, 1.165) is 0 Å². The molecule has 0 atom stereocenters. The zero-order valence-electron chi connectivity index (χ0n) is 12.2. The van der Waals surface area contributed by atoms with Gasteiger partial charge in [-0.05, 0) is 24.3 Å². The van der Waals surface area contributed by atoms with Gasteiger partial charge in [-0.15, -0.1) is 0 Å². The second kappa shape index (κ2) is 7.17. The number of sulfone groups is 1. The summed E-state index contributed by atoms with van der Waals surface area (Å²) in [5.41, 5.74) is 0.653. The molecule has 0 spiro atoms. The average molecular weight is 319 g/mol. The molecule has 22 heavy (non-hydrogen) atoms. The van der Waals surface area contributed by atoms with Crippen molar-refractivity contribution in [3.05, 3.63) is 54.4 Å². The van der Waals surface area contributed by atoms with Gasteiger partial charge in [0.25, 0.3) is 0 Å². The number of hydrogen-bond acceptors (Lipinski definition) is 5. The quantitative estimate of drug-likeness (QED) is 0.604. The van der Waals surface area contributed by atoms with E-state index in [2.05, 4.69) is 4.98 Å². The molecule has 116 valence electrons. The summed E-state index contributed by atoms with van der Waals surface area (Å²) in [5.74, 6) is 0.195. The summed E-state index contributed by atoms with van der Waals surface area (Å²) < 4.78 is 28.5. The van der Waals surface area contributed by atoms with Crippen LogP contribution in [-0.2, 0) is 21.1 Å². The maximum absolute atomic E-state index is 11.7. The molecule has 0 radical (unpaired) electrons. The summed E-state index contributed by atoms with van der Waals surface area (Å²) in [6, 6.07) is 12.0. The van der Waals surface area contributed by atoms with Crippen molar-refractivity contribution in [3.63, 3.8) is 0 Å². The van der Waals surface area contributed by atoms with Gasteiger partial charge in [0, 0.05) is 18.3 Å². The van der Waals surface area contributed by atoms with Crippen molar-refractivity contribution >= 4 is 15.8 Å². The van der Waals surface area contributed by atoms with Gasteiger partial charge in [0.15, 0.2) is 9.84 Å². The van der Waals surface area contributed by atoms with E-state index in [1.807, 2.05) is 6.07 Å². The van der Waals surface area contributed by atoms with Crippen LogP contribution in [0.5, 0.6) is 5.75 Å². The van der Waals surface area contributed by atoms with Crippen LogP contribution in [-0.4, -0.2) is 25.1 Å². The molecule has 0 bridgehead atoms. The minimum Gasteiger partial charge on any atom is -0.427 e. The Labute approximate surface area is 129 Å². The van der Waals surface area contributed by atoms with Crippen molar-refractivity contribution < 1.29 is 17.9 Å². The fourth-order valence-corrected chi connectivity index (χ4v) is 2.63. The predicted molar refractivity (Wildman–Crippen MR) is 82.4 cm³/mol. The van der Waals surface area contributed by atoms with Gasteiger partial charge in [-0.25, -0.2) is 8.42 Å². The van der Waals surface area contributed by atoms with Gasteiger partial charge in [0.1, 0.15) is 5.75 Å². The molecule has 0 aliphatic rings. The third kappa shape index (κ3) is 4.39. The van der Waals surface area contributed by atoms with Crippen LogP contribution in [0.4, 0.5) is 0 Å². The van der Waals surface area contributed by atoms with Crippen molar-refractivity contribution in [3.8, 4) is 5.75 Å². The molecule has 0 saturated heterocycles. The number of para-hydroxylation sites is 1. The summed E-state index contributed by atoms with van der Waals surface area (Å²) in [6.07, 6.45) is 1.91. The monoisotopic (exact) mass is 319 g/mol. The van der Waals surface area contributed by atoms with Gasteiger partial charge in [-0.1, -0.05) is 25.1 Å². The number of aromatic nitrogens is 1. The lowest BCUT2D eigenvalue weighted by atomic mass is 10.2. The molecule has 1 aromatic heterocycles. The summed E-state index contributed by atoms with van der Waals surface area (Å²) in [5, 5.41) is 0. The zero-order chi connectivity index (χ0) is 16.0. The molecule has 0 fully saturated rings. The lowest BCUT2D eigenvalue weighted by Gasteiger charge is -2.05. The number of pyridine rings is 1. The van der Waals surface area contributed by atoms with Gasteiger partial charge in [-0.2, -0.15) is 0 Å². The molecule has 2 aromatic rings. The maximum Gasteiger partial charge on any atom is 0.311 e. The molecule has 0 aliphatic heterocycles. The molecule has 2 rings (SSSR count). The van der Waals surface area contributed by atoms with Gasteiger partial charge in [0.05, 0.1) is 17.1 Å². The highest BCUT2D eigenvalue weighted by atomic mass is 32.2. The summed E-state index contributed by atoms with van der Waals surface area (Å²) in [6.45, 7) is 1.59. The Morgan fingerprint density at radius 3 is 2.45 bits per heavy atom. The molecular weight excluding hydrogens is 302 g/mol. The van der Waals surface area contributed by atoms with Crippen molar-refractivity contribution in [2.24, 2.45) is 0 Å². The van der Waals surface area contributed by atoms with E-state index in [4.69, 9.17) is 4.74 Å². The fraction of sp³-hybridized carbons (Fsp3) is 0.250. The molecular formula is C16H17NO4S. The topological polar surface area (TPSA) is 73.3 Å². The van der Waals surface area contributed by atoms with Crippen LogP contribution in [0.3, 0.4) is 0 Å². The molecule has 0 N–H and O–H groups in total. The van der Waals surface area contributed by atoms with Crippen LogP contribution in [0.15, 0.2) is 53.6 Å². The highest BCUT2D eigenvalue weighted by molar-refractivity contribution is 7.91. The van der Waals surface area contributed by atoms with E-state index in [9.17, 15) is 13.2 Å². The molecule has 6 heteroatoms. The van der Waals surface area contributed by atoms with E-state index < -0.39 is 9.84 Å². The Morgan fingerprint density at radius 2 is 1.86 bits per heavy atom. The van der Waals surface area contributed by atoms with E-state index in [1.165, 1.54) is 12.3 Å². The van der Waals surface area contributed by atoms with Crippen LogP contribution < -0.4 is 4.74 Å². The second-order valence-corrected chi connectivity index (χ2v) is 6.95. The molecule has 0 unspecified atom stereocenters. The number of esters is 1. The lowest BCUT2D eigenvalue weighted by molar-refractivity contribution is -0.134. The number of rotatable bonds is 6. The van der Waals surface area contributed by atoms with Gasteiger partial charge in [0.2, 0.25) is 0 Å². The summed E-state index contributed by atoms with van der Waals surface area (Å²) in [7, 11) is -3.24. The number of benzene rings is 1. The first kappa shape index (κ1) is 16.2. The molecule has 1 heterocycles. The first-order valence-electron chi connectivity index (χ1n) is 6.94. The van der Waals surface area contributed by atoms with E-state index in [1.54, 1.807) is 37.3 Å². The highest BCUT2D eigenvalue weighted by Crippen LogP contribution is 2.12. The predicted octanol–water partition coefficient (Wildman–Crippen LogP) is 2.41. The SMILES string of the molecule is CCS(=O)(=O)c1ccc(CCC(=O)Oc2ccccc2)nc1. The minimum absolute atomic E-state index is 0.0391. The molecule has 0 saturated carbocycles. The van der Waals surface area contributed by atoms with Gasteiger partial charge < -0.3 is 4.74 Å². The van der Waals surface area contributed by atoms with E-state index >= 15 is 0 Å². The second-order valence-electron chi connectivity index (χ2n) is 4.68. The smallest absolute Gasteiger partial charge is 0.311 e. The number of nitrogens with zero attached hydrogens (tertiary/aromatic N) is 1. The Balaban J connectivity index is 1.91. The Morgan fingerprint density at radius 1 is 1.14 bits per heavy atom. The molecule has 5 nitrogen and oxygen atoms in total. The van der Waals surface area contributed by atoms with Crippen LogP contribution in [0, 0.1) is 0 Å². The molecule has 0 aliphatic carbocycles. The van der Waals surface area contributed by atoms with Gasteiger partial charge >= 0.3 is 5.97 Å². The first-order chi connectivity index (χ1) is 10.5. The number of aryl methyl sites for hydroxylation is 1. The maximum atomic E-state index is 11.7.